The monoisotopic (exact) mass is 255 g/mol. The molecule has 0 aliphatic heterocycles. The minimum Gasteiger partial charge on any atom is -0.389 e. The highest BCUT2D eigenvalue weighted by Crippen LogP contribution is 2.29. The fourth-order valence-electron chi connectivity index (χ4n) is 3.07. The molecule has 3 heteroatoms. The molecular formula is C15H29NO2. The van der Waals surface area contributed by atoms with Crippen molar-refractivity contribution < 1.29 is 9.84 Å². The summed E-state index contributed by atoms with van der Waals surface area (Å²) in [6.07, 6.45) is 6.25. The van der Waals surface area contributed by atoms with Crippen molar-refractivity contribution in [1.29, 1.82) is 0 Å². The maximum atomic E-state index is 9.90. The van der Waals surface area contributed by atoms with Crippen LogP contribution in [-0.4, -0.2) is 37.0 Å². The molecule has 2 rings (SSSR count). The zero-order valence-electron chi connectivity index (χ0n) is 11.9. The van der Waals surface area contributed by atoms with Gasteiger partial charge < -0.3 is 15.2 Å². The lowest BCUT2D eigenvalue weighted by atomic mass is 9.79. The second kappa shape index (κ2) is 6.88. The second-order valence-corrected chi connectivity index (χ2v) is 6.45. The Bertz CT molecular complexity index is 233. The highest BCUT2D eigenvalue weighted by atomic mass is 16.5. The first-order valence-electron chi connectivity index (χ1n) is 7.66. The Morgan fingerprint density at radius 2 is 1.83 bits per heavy atom. The number of aliphatic hydroxyl groups excluding tert-OH is 1. The number of hydrogen-bond donors (Lipinski definition) is 2. The summed E-state index contributed by atoms with van der Waals surface area (Å²) in [4.78, 5) is 0. The van der Waals surface area contributed by atoms with Gasteiger partial charge in [0.05, 0.1) is 12.7 Å². The van der Waals surface area contributed by atoms with Crippen molar-refractivity contribution >= 4 is 0 Å². The van der Waals surface area contributed by atoms with Crippen LogP contribution in [0.3, 0.4) is 0 Å². The molecule has 0 bridgehead atoms. The third-order valence-corrected chi connectivity index (χ3v) is 4.49. The second-order valence-electron chi connectivity index (χ2n) is 6.45. The molecule has 0 aromatic rings. The van der Waals surface area contributed by atoms with Gasteiger partial charge in [-0.3, -0.25) is 0 Å². The molecule has 3 nitrogen and oxygen atoms in total. The molecular weight excluding hydrogens is 226 g/mol. The lowest BCUT2D eigenvalue weighted by molar-refractivity contribution is 0.0279. The third kappa shape index (κ3) is 4.52. The van der Waals surface area contributed by atoms with Crippen LogP contribution in [0.2, 0.25) is 0 Å². The molecule has 0 heterocycles. The summed E-state index contributed by atoms with van der Waals surface area (Å²) in [5, 5.41) is 13.4. The van der Waals surface area contributed by atoms with Crippen LogP contribution in [0.5, 0.6) is 0 Å². The van der Waals surface area contributed by atoms with E-state index in [1.807, 2.05) is 0 Å². The molecule has 2 fully saturated rings. The number of rotatable bonds is 7. The Balaban J connectivity index is 1.59. The first-order valence-corrected chi connectivity index (χ1v) is 7.66. The van der Waals surface area contributed by atoms with Gasteiger partial charge in [-0.25, -0.2) is 0 Å². The standard InChI is InChI=1S/C15H29NO2/c1-11-4-3-5-12(2)15(11)16-8-14(17)10-18-9-13-6-7-13/h11-17H,3-10H2,1-2H3/t11-,12-,14+/m1/s1. The summed E-state index contributed by atoms with van der Waals surface area (Å²) in [7, 11) is 0. The van der Waals surface area contributed by atoms with E-state index in [0.29, 0.717) is 19.2 Å². The largest absolute Gasteiger partial charge is 0.389 e. The first-order chi connectivity index (χ1) is 8.66. The molecule has 106 valence electrons. The summed E-state index contributed by atoms with van der Waals surface area (Å²) in [6.45, 7) is 6.64. The molecule has 2 saturated carbocycles. The van der Waals surface area contributed by atoms with Gasteiger partial charge in [0.1, 0.15) is 0 Å². The van der Waals surface area contributed by atoms with Crippen LogP contribution in [0.25, 0.3) is 0 Å². The maximum absolute atomic E-state index is 9.90. The van der Waals surface area contributed by atoms with Crippen LogP contribution in [-0.2, 0) is 4.74 Å². The van der Waals surface area contributed by atoms with Crippen molar-refractivity contribution in [3.05, 3.63) is 0 Å². The van der Waals surface area contributed by atoms with Crippen molar-refractivity contribution in [2.75, 3.05) is 19.8 Å². The van der Waals surface area contributed by atoms with Gasteiger partial charge in [-0.2, -0.15) is 0 Å². The predicted octanol–water partition coefficient (Wildman–Crippen LogP) is 2.19. The third-order valence-electron chi connectivity index (χ3n) is 4.49. The SMILES string of the molecule is C[C@@H]1CCC[C@@H](C)C1NC[C@H](O)COCC1CC1. The van der Waals surface area contributed by atoms with Gasteiger partial charge in [-0.05, 0) is 43.4 Å². The lowest BCUT2D eigenvalue weighted by Gasteiger charge is -2.35. The van der Waals surface area contributed by atoms with Gasteiger partial charge in [0.25, 0.3) is 0 Å². The molecule has 0 radical (unpaired) electrons. The van der Waals surface area contributed by atoms with E-state index >= 15 is 0 Å². The maximum Gasteiger partial charge on any atom is 0.0897 e. The molecule has 0 saturated heterocycles. The lowest BCUT2D eigenvalue weighted by Crippen LogP contribution is -2.46. The van der Waals surface area contributed by atoms with E-state index in [4.69, 9.17) is 4.74 Å². The zero-order valence-corrected chi connectivity index (χ0v) is 11.9. The minimum atomic E-state index is -0.356. The first kappa shape index (κ1) is 14.3. The highest BCUT2D eigenvalue weighted by Gasteiger charge is 2.27. The molecule has 2 aliphatic carbocycles. The Hall–Kier alpha value is -0.120. The van der Waals surface area contributed by atoms with Crippen LogP contribution in [0.1, 0.15) is 46.0 Å². The average molecular weight is 255 g/mol. The van der Waals surface area contributed by atoms with Crippen molar-refractivity contribution in [3.63, 3.8) is 0 Å². The normalized spacial score (nSPS) is 31.5. The van der Waals surface area contributed by atoms with E-state index < -0.39 is 0 Å². The fraction of sp³-hybridized carbons (Fsp3) is 1.00. The molecule has 2 N–H and O–H groups in total. The van der Waals surface area contributed by atoms with E-state index in [1.165, 1.54) is 32.1 Å². The number of ether oxygens (including phenoxy) is 1. The summed E-state index contributed by atoms with van der Waals surface area (Å²) >= 11 is 0. The molecule has 0 aromatic heterocycles. The van der Waals surface area contributed by atoms with Gasteiger partial charge in [0.2, 0.25) is 0 Å². The van der Waals surface area contributed by atoms with Gasteiger partial charge in [0, 0.05) is 19.2 Å². The van der Waals surface area contributed by atoms with Crippen LogP contribution in [0.4, 0.5) is 0 Å². The molecule has 0 spiro atoms. The quantitative estimate of drug-likeness (QED) is 0.733. The molecule has 0 amide bonds. The Labute approximate surface area is 111 Å². The van der Waals surface area contributed by atoms with Crippen molar-refractivity contribution in [1.82, 2.24) is 5.32 Å². The summed E-state index contributed by atoms with van der Waals surface area (Å²) in [6, 6.07) is 0.567. The number of nitrogens with one attached hydrogen (secondary N) is 1. The summed E-state index contributed by atoms with van der Waals surface area (Å²) in [5.74, 6) is 2.24. The van der Waals surface area contributed by atoms with Crippen LogP contribution in [0.15, 0.2) is 0 Å². The molecule has 3 atom stereocenters. The van der Waals surface area contributed by atoms with Crippen molar-refractivity contribution in [2.24, 2.45) is 17.8 Å². The van der Waals surface area contributed by atoms with Crippen molar-refractivity contribution in [2.45, 2.75) is 58.1 Å². The summed E-state index contributed by atoms with van der Waals surface area (Å²) in [5.41, 5.74) is 0. The zero-order chi connectivity index (χ0) is 13.0. The van der Waals surface area contributed by atoms with Gasteiger partial charge in [0.15, 0.2) is 0 Å². The topological polar surface area (TPSA) is 41.5 Å². The predicted molar refractivity (Wildman–Crippen MR) is 73.5 cm³/mol. The van der Waals surface area contributed by atoms with E-state index in [1.54, 1.807) is 0 Å². The van der Waals surface area contributed by atoms with Crippen LogP contribution < -0.4 is 5.32 Å². The highest BCUT2D eigenvalue weighted by molar-refractivity contribution is 4.84. The number of hydrogen-bond acceptors (Lipinski definition) is 3. The summed E-state index contributed by atoms with van der Waals surface area (Å²) < 4.78 is 5.52. The smallest absolute Gasteiger partial charge is 0.0897 e. The average Bonchev–Trinajstić information content (AvgIpc) is 3.12. The Kier molecular flexibility index (Phi) is 5.46. The van der Waals surface area contributed by atoms with Gasteiger partial charge in [-0.1, -0.05) is 20.3 Å². The Morgan fingerprint density at radius 1 is 1.17 bits per heavy atom. The van der Waals surface area contributed by atoms with E-state index in [9.17, 15) is 5.11 Å². The molecule has 0 unspecified atom stereocenters. The molecule has 0 aromatic carbocycles. The van der Waals surface area contributed by atoms with Crippen LogP contribution >= 0.6 is 0 Å². The van der Waals surface area contributed by atoms with E-state index in [2.05, 4.69) is 19.2 Å². The van der Waals surface area contributed by atoms with Gasteiger partial charge in [-0.15, -0.1) is 0 Å². The minimum absolute atomic E-state index is 0.356. The van der Waals surface area contributed by atoms with Crippen molar-refractivity contribution in [3.8, 4) is 0 Å². The van der Waals surface area contributed by atoms with Crippen LogP contribution in [0, 0.1) is 17.8 Å². The fourth-order valence-corrected chi connectivity index (χ4v) is 3.07. The Morgan fingerprint density at radius 3 is 2.44 bits per heavy atom. The van der Waals surface area contributed by atoms with E-state index in [0.717, 1.165) is 24.4 Å². The molecule has 2 aliphatic rings. The molecule has 18 heavy (non-hydrogen) atoms. The van der Waals surface area contributed by atoms with Gasteiger partial charge >= 0.3 is 0 Å². The van der Waals surface area contributed by atoms with E-state index in [-0.39, 0.29) is 6.10 Å². The number of aliphatic hydroxyl groups is 1.